The number of ether oxygens (including phenoxy) is 3. The maximum atomic E-state index is 14.3. The van der Waals surface area contributed by atoms with E-state index >= 15 is 0 Å². The summed E-state index contributed by atoms with van der Waals surface area (Å²) in [6.07, 6.45) is 12.0. The fourth-order valence-electron chi connectivity index (χ4n) is 9.13. The minimum absolute atomic E-state index is 0.124. The van der Waals surface area contributed by atoms with Crippen LogP contribution in [0.1, 0.15) is 101 Å². The molecule has 12 nitrogen and oxygen atoms in total. The van der Waals surface area contributed by atoms with Crippen molar-refractivity contribution in [3.8, 4) is 17.0 Å². The number of morpholine rings is 1. The Bertz CT molecular complexity index is 2220. The fourth-order valence-corrected chi connectivity index (χ4v) is 10.6. The van der Waals surface area contributed by atoms with Gasteiger partial charge in [-0.1, -0.05) is 38.2 Å². The normalized spacial score (nSPS) is 19.6. The highest BCUT2D eigenvalue weighted by atomic mass is 32.2. The van der Waals surface area contributed by atoms with Gasteiger partial charge in [0.1, 0.15) is 5.75 Å². The van der Waals surface area contributed by atoms with Gasteiger partial charge in [0.15, 0.2) is 0 Å². The molecule has 2 saturated carbocycles. The van der Waals surface area contributed by atoms with Crippen LogP contribution < -0.4 is 9.46 Å². The number of hydrogen-bond acceptors (Lipinski definition) is 8. The molecule has 1 atom stereocenters. The first-order chi connectivity index (χ1) is 26.2. The smallest absolute Gasteiger partial charge is 0.264 e. The van der Waals surface area contributed by atoms with Crippen LogP contribution in [0.3, 0.4) is 0 Å². The summed E-state index contributed by atoms with van der Waals surface area (Å²) in [7, 11) is 1.33. The molecule has 13 heteroatoms. The summed E-state index contributed by atoms with van der Waals surface area (Å²) in [6, 6.07) is 11.7. The van der Waals surface area contributed by atoms with Crippen molar-refractivity contribution >= 4 is 44.4 Å². The Labute approximate surface area is 316 Å². The highest BCUT2D eigenvalue weighted by Gasteiger charge is 2.34. The lowest BCUT2D eigenvalue weighted by molar-refractivity contribution is -0.0531. The topological polar surface area (TPSA) is 134 Å². The van der Waals surface area contributed by atoms with Gasteiger partial charge in [-0.05, 0) is 84.7 Å². The number of sulfonamides is 1. The molecular weight excluding hydrogens is 707 g/mol. The fraction of sp³-hybridized carbons (Fsp3) is 0.488. The summed E-state index contributed by atoms with van der Waals surface area (Å²) in [5, 5.41) is 5.11. The van der Waals surface area contributed by atoms with Gasteiger partial charge < -0.3 is 23.7 Å². The van der Waals surface area contributed by atoms with Gasteiger partial charge in [-0.25, -0.2) is 13.1 Å². The van der Waals surface area contributed by atoms with Gasteiger partial charge in [0.05, 0.1) is 61.4 Å². The lowest BCUT2D eigenvalue weighted by Crippen LogP contribution is -2.47. The number of amides is 2. The SMILES string of the molecule is COC[C@@H]1CN(C(=O)c2cnn(C)c2C2=Cc3cc(OC)ccc3-c3c(C4CCCCC4)c4ccc(C(=O)NS(=O)(=O)C5CCCC5)cc4n3C2)CCO1. The van der Waals surface area contributed by atoms with E-state index < -0.39 is 21.2 Å². The molecule has 8 rings (SSSR count). The highest BCUT2D eigenvalue weighted by molar-refractivity contribution is 7.90. The molecule has 0 bridgehead atoms. The molecule has 2 aromatic carbocycles. The molecule has 1 saturated heterocycles. The van der Waals surface area contributed by atoms with Crippen LogP contribution in [-0.2, 0) is 33.1 Å². The third-order valence-electron chi connectivity index (χ3n) is 11.8. The van der Waals surface area contributed by atoms with Gasteiger partial charge in [0.25, 0.3) is 11.8 Å². The Hall–Kier alpha value is -4.46. The van der Waals surface area contributed by atoms with Gasteiger partial charge >= 0.3 is 0 Å². The predicted octanol–water partition coefficient (Wildman–Crippen LogP) is 6.14. The van der Waals surface area contributed by atoms with E-state index in [-0.39, 0.29) is 12.0 Å². The summed E-state index contributed by atoms with van der Waals surface area (Å²) in [4.78, 5) is 29.8. The van der Waals surface area contributed by atoms with Crippen LogP contribution in [0.2, 0.25) is 0 Å². The first kappa shape index (κ1) is 36.5. The number of nitrogens with zero attached hydrogens (tertiary/aromatic N) is 4. The van der Waals surface area contributed by atoms with E-state index in [1.54, 1.807) is 31.2 Å². The number of nitrogens with one attached hydrogen (secondary N) is 1. The van der Waals surface area contributed by atoms with E-state index in [1.807, 2.05) is 36.2 Å². The average Bonchev–Trinajstić information content (AvgIpc) is 3.91. The van der Waals surface area contributed by atoms with E-state index in [0.717, 1.165) is 77.6 Å². The largest absolute Gasteiger partial charge is 0.497 e. The Balaban J connectivity index is 1.28. The van der Waals surface area contributed by atoms with Crippen molar-refractivity contribution in [1.82, 2.24) is 24.0 Å². The zero-order valence-corrected chi connectivity index (χ0v) is 32.1. The lowest BCUT2D eigenvalue weighted by atomic mass is 9.81. The van der Waals surface area contributed by atoms with E-state index in [4.69, 9.17) is 14.2 Å². The summed E-state index contributed by atoms with van der Waals surface area (Å²) < 4.78 is 49.7. The third-order valence-corrected chi connectivity index (χ3v) is 13.6. The summed E-state index contributed by atoms with van der Waals surface area (Å²) in [5.74, 6) is 0.285. The van der Waals surface area contributed by atoms with Crippen molar-refractivity contribution in [1.29, 1.82) is 0 Å². The van der Waals surface area contributed by atoms with Crippen LogP contribution in [0.4, 0.5) is 0 Å². The summed E-state index contributed by atoms with van der Waals surface area (Å²) in [5.41, 5.74) is 7.51. The van der Waals surface area contributed by atoms with Crippen molar-refractivity contribution < 1.29 is 32.2 Å². The Morgan fingerprint density at radius 2 is 1.76 bits per heavy atom. The molecule has 2 aliphatic carbocycles. The van der Waals surface area contributed by atoms with Crippen molar-refractivity contribution in [2.45, 2.75) is 81.6 Å². The van der Waals surface area contributed by atoms with Gasteiger partial charge in [0.2, 0.25) is 10.0 Å². The molecule has 2 aliphatic heterocycles. The average molecular weight is 756 g/mol. The van der Waals surface area contributed by atoms with E-state index in [9.17, 15) is 18.0 Å². The van der Waals surface area contributed by atoms with Crippen LogP contribution in [0.5, 0.6) is 5.75 Å². The van der Waals surface area contributed by atoms with Crippen molar-refractivity contribution in [2.24, 2.45) is 7.05 Å². The number of carbonyl (C=O) groups excluding carboxylic acids is 2. The first-order valence-corrected chi connectivity index (χ1v) is 20.7. The Kier molecular flexibility index (Phi) is 10.1. The molecule has 1 N–H and O–H groups in total. The monoisotopic (exact) mass is 755 g/mol. The van der Waals surface area contributed by atoms with Crippen molar-refractivity contribution in [3.63, 3.8) is 0 Å². The molecule has 0 unspecified atom stereocenters. The molecule has 0 spiro atoms. The highest BCUT2D eigenvalue weighted by Crippen LogP contribution is 2.48. The summed E-state index contributed by atoms with van der Waals surface area (Å²) >= 11 is 0. The lowest BCUT2D eigenvalue weighted by Gasteiger charge is -2.32. The molecule has 4 aromatic rings. The number of methoxy groups -OCH3 is 2. The number of aryl methyl sites for hydroxylation is 1. The van der Waals surface area contributed by atoms with Crippen LogP contribution in [0.15, 0.2) is 42.6 Å². The second-order valence-corrected chi connectivity index (χ2v) is 17.1. The second kappa shape index (κ2) is 15.0. The first-order valence-electron chi connectivity index (χ1n) is 19.2. The zero-order chi connectivity index (χ0) is 37.6. The van der Waals surface area contributed by atoms with Crippen LogP contribution in [-0.4, -0.2) is 91.4 Å². The van der Waals surface area contributed by atoms with Gasteiger partial charge in [-0.15, -0.1) is 0 Å². The summed E-state index contributed by atoms with van der Waals surface area (Å²) in [6.45, 7) is 2.08. The van der Waals surface area contributed by atoms with Crippen molar-refractivity contribution in [2.75, 3.05) is 40.5 Å². The standard InChI is InChI=1S/C41H49N5O7S/c1-44-38(35(22-42-44)41(48)45-17-18-53-31(24-45)25-51-2)29-19-28-20-30(52-3)14-16-33(28)39-37(26-9-5-4-6-10-26)34-15-13-27(21-36(34)46(39)23-29)40(47)43-54(49,50)32-11-7-8-12-32/h13-16,19-22,26,31-32H,4-12,17-18,23-25H2,1-3H3,(H,43,47)/t31-/m0/s1. The second-order valence-electron chi connectivity index (χ2n) is 15.2. The number of fused-ring (bicyclic) bond motifs is 5. The number of rotatable bonds is 9. The molecule has 286 valence electrons. The number of hydrogen-bond donors (Lipinski definition) is 1. The molecule has 3 fully saturated rings. The number of benzene rings is 2. The molecular formula is C41H49N5O7S. The van der Waals surface area contributed by atoms with Gasteiger partial charge in [-0.2, -0.15) is 5.10 Å². The molecule has 2 aromatic heterocycles. The Morgan fingerprint density at radius 1 is 0.981 bits per heavy atom. The van der Waals surface area contributed by atoms with E-state index in [0.29, 0.717) is 68.4 Å². The number of allylic oxidation sites excluding steroid dienone is 1. The van der Waals surface area contributed by atoms with Crippen LogP contribution in [0, 0.1) is 0 Å². The minimum Gasteiger partial charge on any atom is -0.497 e. The quantitative estimate of drug-likeness (QED) is 0.216. The van der Waals surface area contributed by atoms with Crippen LogP contribution in [0.25, 0.3) is 33.8 Å². The third kappa shape index (κ3) is 6.75. The van der Waals surface area contributed by atoms with Crippen LogP contribution >= 0.6 is 0 Å². The van der Waals surface area contributed by atoms with E-state index in [2.05, 4.69) is 26.5 Å². The molecule has 4 heterocycles. The van der Waals surface area contributed by atoms with E-state index in [1.165, 1.54) is 12.0 Å². The maximum Gasteiger partial charge on any atom is 0.264 e. The van der Waals surface area contributed by atoms with Crippen molar-refractivity contribution in [3.05, 3.63) is 70.5 Å². The zero-order valence-electron chi connectivity index (χ0n) is 31.3. The Morgan fingerprint density at radius 3 is 2.52 bits per heavy atom. The molecule has 0 radical (unpaired) electrons. The van der Waals surface area contributed by atoms with Gasteiger partial charge in [0, 0.05) is 49.3 Å². The minimum atomic E-state index is -3.80. The number of aromatic nitrogens is 3. The van der Waals surface area contributed by atoms with Gasteiger partial charge in [-0.3, -0.25) is 14.3 Å². The molecule has 4 aliphatic rings. The maximum absolute atomic E-state index is 14.3. The predicted molar refractivity (Wildman–Crippen MR) is 207 cm³/mol. The molecule has 54 heavy (non-hydrogen) atoms. The molecule has 2 amide bonds. The number of carbonyl (C=O) groups is 2.